The van der Waals surface area contributed by atoms with Crippen molar-refractivity contribution in [2.75, 3.05) is 12.4 Å². The van der Waals surface area contributed by atoms with E-state index in [-0.39, 0.29) is 11.8 Å². The Morgan fingerprint density at radius 2 is 2.10 bits per heavy atom. The highest BCUT2D eigenvalue weighted by Crippen LogP contribution is 2.24. The lowest BCUT2D eigenvalue weighted by Crippen LogP contribution is -2.40. The molecule has 0 heterocycles. The lowest BCUT2D eigenvalue weighted by molar-refractivity contribution is -0.118. The van der Waals surface area contributed by atoms with Gasteiger partial charge in [-0.25, -0.2) is 4.79 Å². The van der Waals surface area contributed by atoms with E-state index in [0.29, 0.717) is 16.3 Å². The van der Waals surface area contributed by atoms with Gasteiger partial charge in [0.15, 0.2) is 0 Å². The first-order valence-corrected chi connectivity index (χ1v) is 6.72. The number of ether oxygens (including phenoxy) is 1. The number of rotatable bonds is 5. The Morgan fingerprint density at radius 3 is 2.65 bits per heavy atom. The van der Waals surface area contributed by atoms with Gasteiger partial charge in [-0.3, -0.25) is 4.79 Å². The lowest BCUT2D eigenvalue weighted by Gasteiger charge is -2.18. The Balaban J connectivity index is 2.91. The van der Waals surface area contributed by atoms with Gasteiger partial charge in [0.1, 0.15) is 0 Å². The van der Waals surface area contributed by atoms with Crippen LogP contribution >= 0.6 is 11.6 Å². The first-order valence-electron chi connectivity index (χ1n) is 6.35. The number of carbonyl (C=O) groups excluding carboxylic acids is 2. The minimum absolute atomic E-state index is 0.0533. The van der Waals surface area contributed by atoms with E-state index in [1.807, 2.05) is 13.8 Å². The highest BCUT2D eigenvalue weighted by molar-refractivity contribution is 6.34. The quantitative estimate of drug-likeness (QED) is 0.818. The molecule has 3 N–H and O–H groups in total. The van der Waals surface area contributed by atoms with E-state index >= 15 is 0 Å². The van der Waals surface area contributed by atoms with Crippen LogP contribution in [0.5, 0.6) is 0 Å². The van der Waals surface area contributed by atoms with Crippen molar-refractivity contribution in [3.63, 3.8) is 0 Å². The number of esters is 1. The van der Waals surface area contributed by atoms with Gasteiger partial charge in [-0.2, -0.15) is 0 Å². The molecule has 0 aliphatic heterocycles. The third-order valence-electron chi connectivity index (χ3n) is 3.21. The molecule has 0 fully saturated rings. The van der Waals surface area contributed by atoms with Gasteiger partial charge in [0, 0.05) is 0 Å². The van der Waals surface area contributed by atoms with Gasteiger partial charge >= 0.3 is 5.97 Å². The predicted octanol–water partition coefficient (Wildman–Crippen LogP) is 2.44. The highest BCUT2D eigenvalue weighted by Gasteiger charge is 2.20. The fraction of sp³-hybridized carbons (Fsp3) is 0.429. The third kappa shape index (κ3) is 3.95. The molecule has 0 aliphatic carbocycles. The fourth-order valence-electron chi connectivity index (χ4n) is 1.59. The smallest absolute Gasteiger partial charge is 0.337 e. The van der Waals surface area contributed by atoms with E-state index in [1.165, 1.54) is 25.3 Å². The zero-order valence-electron chi connectivity index (χ0n) is 11.8. The molecule has 0 aromatic heterocycles. The number of nitrogens with two attached hydrogens (primary N) is 1. The summed E-state index contributed by atoms with van der Waals surface area (Å²) in [6.45, 7) is 3.86. The summed E-state index contributed by atoms with van der Waals surface area (Å²) in [5, 5.41) is 2.98. The summed E-state index contributed by atoms with van der Waals surface area (Å²) in [5.41, 5.74) is 6.50. The largest absolute Gasteiger partial charge is 0.465 e. The van der Waals surface area contributed by atoms with Gasteiger partial charge in [-0.05, 0) is 24.1 Å². The van der Waals surface area contributed by atoms with Crippen LogP contribution in [0.3, 0.4) is 0 Å². The van der Waals surface area contributed by atoms with Crippen molar-refractivity contribution in [1.29, 1.82) is 0 Å². The standard InChI is InChI=1S/C14H19ClN2O3/c1-4-8(2)12(16)13(18)17-11-7-9(14(19)20-3)5-6-10(11)15/h5-8,12H,4,16H2,1-3H3,(H,17,18)/t8?,12-/m0/s1. The van der Waals surface area contributed by atoms with Crippen LogP contribution in [0, 0.1) is 5.92 Å². The molecular weight excluding hydrogens is 280 g/mol. The Kier molecular flexibility index (Phi) is 5.98. The molecule has 110 valence electrons. The number of nitrogens with one attached hydrogen (secondary N) is 1. The molecule has 1 unspecified atom stereocenters. The van der Waals surface area contributed by atoms with Crippen molar-refractivity contribution in [1.82, 2.24) is 0 Å². The summed E-state index contributed by atoms with van der Waals surface area (Å²) < 4.78 is 4.62. The lowest BCUT2D eigenvalue weighted by atomic mass is 9.99. The summed E-state index contributed by atoms with van der Waals surface area (Å²) in [5.74, 6) is -0.774. The van der Waals surface area contributed by atoms with Crippen LogP contribution in [-0.2, 0) is 9.53 Å². The Bertz CT molecular complexity index is 505. The van der Waals surface area contributed by atoms with Gasteiger partial charge < -0.3 is 15.8 Å². The molecule has 0 saturated heterocycles. The van der Waals surface area contributed by atoms with E-state index in [2.05, 4.69) is 10.1 Å². The zero-order valence-corrected chi connectivity index (χ0v) is 12.5. The molecule has 5 nitrogen and oxygen atoms in total. The van der Waals surface area contributed by atoms with Gasteiger partial charge in [-0.15, -0.1) is 0 Å². The van der Waals surface area contributed by atoms with Crippen molar-refractivity contribution in [3.05, 3.63) is 28.8 Å². The molecule has 1 aromatic carbocycles. The number of methoxy groups -OCH3 is 1. The molecule has 0 radical (unpaired) electrons. The zero-order chi connectivity index (χ0) is 15.3. The van der Waals surface area contributed by atoms with Crippen LogP contribution in [0.4, 0.5) is 5.69 Å². The van der Waals surface area contributed by atoms with Crippen LogP contribution in [0.2, 0.25) is 5.02 Å². The predicted molar refractivity (Wildman–Crippen MR) is 78.9 cm³/mol. The SMILES string of the molecule is CCC(C)[C@H](N)C(=O)Nc1cc(C(=O)OC)ccc1Cl. The highest BCUT2D eigenvalue weighted by atomic mass is 35.5. The molecule has 1 aromatic rings. The van der Waals surface area contributed by atoms with E-state index in [0.717, 1.165) is 6.42 Å². The minimum atomic E-state index is -0.627. The normalized spacial score (nSPS) is 13.4. The maximum absolute atomic E-state index is 12.0. The van der Waals surface area contributed by atoms with Crippen molar-refractivity contribution >= 4 is 29.2 Å². The average Bonchev–Trinajstić information content (AvgIpc) is 2.46. The van der Waals surface area contributed by atoms with E-state index in [9.17, 15) is 9.59 Å². The molecule has 1 amide bonds. The maximum atomic E-state index is 12.0. The number of hydrogen-bond acceptors (Lipinski definition) is 4. The van der Waals surface area contributed by atoms with Gasteiger partial charge in [0.2, 0.25) is 5.91 Å². The summed E-state index contributed by atoms with van der Waals surface area (Å²) >= 11 is 6.00. The third-order valence-corrected chi connectivity index (χ3v) is 3.53. The summed E-state index contributed by atoms with van der Waals surface area (Å²) in [4.78, 5) is 23.5. The monoisotopic (exact) mass is 298 g/mol. The van der Waals surface area contributed by atoms with Crippen molar-refractivity contribution in [2.45, 2.75) is 26.3 Å². The average molecular weight is 299 g/mol. The molecular formula is C14H19ClN2O3. The molecule has 0 saturated carbocycles. The summed E-state index contributed by atoms with van der Waals surface area (Å²) in [6, 6.07) is 3.89. The first-order chi connectivity index (χ1) is 9.40. The number of anilines is 1. The van der Waals surface area contributed by atoms with Gasteiger partial charge in [0.05, 0.1) is 29.4 Å². The Labute approximate surface area is 123 Å². The van der Waals surface area contributed by atoms with E-state index in [4.69, 9.17) is 17.3 Å². The Morgan fingerprint density at radius 1 is 1.45 bits per heavy atom. The number of hydrogen-bond donors (Lipinski definition) is 2. The van der Waals surface area contributed by atoms with Gasteiger partial charge in [-0.1, -0.05) is 31.9 Å². The molecule has 6 heteroatoms. The van der Waals surface area contributed by atoms with Gasteiger partial charge in [0.25, 0.3) is 0 Å². The molecule has 0 bridgehead atoms. The molecule has 0 spiro atoms. The van der Waals surface area contributed by atoms with Crippen LogP contribution in [0.15, 0.2) is 18.2 Å². The van der Waals surface area contributed by atoms with Crippen LogP contribution in [0.1, 0.15) is 30.6 Å². The maximum Gasteiger partial charge on any atom is 0.337 e. The number of benzene rings is 1. The fourth-order valence-corrected chi connectivity index (χ4v) is 1.76. The first kappa shape index (κ1) is 16.5. The second-order valence-corrected chi connectivity index (χ2v) is 4.99. The van der Waals surface area contributed by atoms with E-state index < -0.39 is 12.0 Å². The Hall–Kier alpha value is -1.59. The summed E-state index contributed by atoms with van der Waals surface area (Å²) in [6.07, 6.45) is 0.796. The second-order valence-electron chi connectivity index (χ2n) is 4.59. The second kappa shape index (κ2) is 7.26. The topological polar surface area (TPSA) is 81.4 Å². The molecule has 1 rings (SSSR count). The van der Waals surface area contributed by atoms with Crippen molar-refractivity contribution < 1.29 is 14.3 Å². The van der Waals surface area contributed by atoms with Crippen LogP contribution < -0.4 is 11.1 Å². The van der Waals surface area contributed by atoms with E-state index in [1.54, 1.807) is 0 Å². The van der Waals surface area contributed by atoms with Crippen LogP contribution in [-0.4, -0.2) is 25.0 Å². The van der Waals surface area contributed by atoms with Crippen LogP contribution in [0.25, 0.3) is 0 Å². The number of amides is 1. The molecule has 20 heavy (non-hydrogen) atoms. The number of carbonyl (C=O) groups is 2. The number of halogens is 1. The van der Waals surface area contributed by atoms with Crippen molar-refractivity contribution in [3.8, 4) is 0 Å². The molecule has 0 aliphatic rings. The minimum Gasteiger partial charge on any atom is -0.465 e. The summed E-state index contributed by atoms with van der Waals surface area (Å²) in [7, 11) is 1.29. The molecule has 2 atom stereocenters. The van der Waals surface area contributed by atoms with Crippen molar-refractivity contribution in [2.24, 2.45) is 11.7 Å².